The van der Waals surface area contributed by atoms with Crippen LogP contribution in [0.5, 0.6) is 5.75 Å². The van der Waals surface area contributed by atoms with Gasteiger partial charge in [-0.05, 0) is 78.9 Å². The minimum Gasteiger partial charge on any atom is -0.491 e. The van der Waals surface area contributed by atoms with Crippen LogP contribution in [0, 0.1) is 0 Å². The smallest absolute Gasteiger partial charge is 0.248 e. The average Bonchev–Trinajstić information content (AvgIpc) is 2.87. The lowest BCUT2D eigenvalue weighted by atomic mass is 10.1. The molecule has 196 valence electrons. The normalized spacial score (nSPS) is 11.3. The zero-order valence-electron chi connectivity index (χ0n) is 21.8. The van der Waals surface area contributed by atoms with Gasteiger partial charge in [-0.3, -0.25) is 4.79 Å². The number of amides is 1. The number of nitrogens with zero attached hydrogens (tertiary/aromatic N) is 3. The second-order valence-corrected chi connectivity index (χ2v) is 10.1. The van der Waals surface area contributed by atoms with Gasteiger partial charge in [-0.25, -0.2) is 4.98 Å². The summed E-state index contributed by atoms with van der Waals surface area (Å²) in [6.07, 6.45) is 5.00. The Morgan fingerprint density at radius 2 is 1.82 bits per heavy atom. The number of hydrogen-bond acceptors (Lipinski definition) is 7. The predicted molar refractivity (Wildman–Crippen MR) is 159 cm³/mol. The Balaban J connectivity index is 1.58. The third kappa shape index (κ3) is 7.53. The minimum atomic E-state index is -0.234. The second kappa shape index (κ2) is 12.5. The van der Waals surface area contributed by atoms with E-state index in [2.05, 4.69) is 66.1 Å². The molecule has 0 aliphatic carbocycles. The van der Waals surface area contributed by atoms with E-state index >= 15 is 0 Å². The van der Waals surface area contributed by atoms with Gasteiger partial charge < -0.3 is 25.6 Å². The Kier molecular flexibility index (Phi) is 8.93. The molecule has 4 aromatic rings. The fourth-order valence-electron chi connectivity index (χ4n) is 3.67. The lowest BCUT2D eigenvalue weighted by molar-refractivity contribution is -0.111. The predicted octanol–water partition coefficient (Wildman–Crippen LogP) is 6.72. The number of fused-ring (bicyclic) bond motifs is 1. The Morgan fingerprint density at radius 3 is 2.58 bits per heavy atom. The first-order chi connectivity index (χ1) is 18.3. The first-order valence-electron chi connectivity index (χ1n) is 12.2. The Morgan fingerprint density at radius 1 is 1.03 bits per heavy atom. The molecule has 0 unspecified atom stereocenters. The SMILES string of the molecule is CC(C)Oc1ccc(NC(=O)/C=C/CN(C)C)c(Nc2ncc(Br)c(Nc3ccc4ccccc4c3)n2)c1. The average molecular weight is 576 g/mol. The fourth-order valence-corrected chi connectivity index (χ4v) is 3.96. The summed E-state index contributed by atoms with van der Waals surface area (Å²) in [7, 11) is 3.89. The number of anilines is 5. The molecule has 1 amide bonds. The number of aromatic nitrogens is 2. The number of carbonyl (C=O) groups excluding carboxylic acids is 1. The van der Waals surface area contributed by atoms with E-state index in [0.29, 0.717) is 39.9 Å². The van der Waals surface area contributed by atoms with Crippen molar-refractivity contribution in [2.75, 3.05) is 36.6 Å². The Labute approximate surface area is 231 Å². The van der Waals surface area contributed by atoms with Gasteiger partial charge in [0.1, 0.15) is 11.6 Å². The Bertz CT molecular complexity index is 1450. The molecule has 4 rings (SSSR count). The Hall–Kier alpha value is -3.95. The molecule has 0 saturated heterocycles. The van der Waals surface area contributed by atoms with Gasteiger partial charge in [0.25, 0.3) is 0 Å². The van der Waals surface area contributed by atoms with E-state index in [0.717, 1.165) is 16.5 Å². The van der Waals surface area contributed by atoms with Crippen LogP contribution in [0.4, 0.5) is 28.8 Å². The van der Waals surface area contributed by atoms with Crippen molar-refractivity contribution in [1.82, 2.24) is 14.9 Å². The van der Waals surface area contributed by atoms with E-state index in [1.165, 1.54) is 6.08 Å². The van der Waals surface area contributed by atoms with E-state index in [-0.39, 0.29) is 12.0 Å². The molecule has 1 heterocycles. The van der Waals surface area contributed by atoms with Crippen LogP contribution in [0.25, 0.3) is 10.8 Å². The van der Waals surface area contributed by atoms with Crippen LogP contribution >= 0.6 is 15.9 Å². The summed E-state index contributed by atoms with van der Waals surface area (Å²) in [5.41, 5.74) is 2.09. The lowest BCUT2D eigenvalue weighted by Crippen LogP contribution is -2.14. The van der Waals surface area contributed by atoms with Crippen LogP contribution in [0.15, 0.2) is 83.5 Å². The molecule has 0 fully saturated rings. The topological polar surface area (TPSA) is 91.4 Å². The summed E-state index contributed by atoms with van der Waals surface area (Å²) in [5, 5.41) is 11.8. The van der Waals surface area contributed by atoms with Crippen LogP contribution in [-0.2, 0) is 4.79 Å². The monoisotopic (exact) mass is 574 g/mol. The molecule has 0 aliphatic heterocycles. The van der Waals surface area contributed by atoms with Crippen LogP contribution in [-0.4, -0.2) is 47.5 Å². The quantitative estimate of drug-likeness (QED) is 0.181. The van der Waals surface area contributed by atoms with E-state index < -0.39 is 0 Å². The van der Waals surface area contributed by atoms with Gasteiger partial charge in [0, 0.05) is 30.6 Å². The van der Waals surface area contributed by atoms with Gasteiger partial charge in [-0.1, -0.05) is 36.4 Å². The van der Waals surface area contributed by atoms with Crippen molar-refractivity contribution in [2.45, 2.75) is 20.0 Å². The molecule has 0 saturated carbocycles. The molecule has 9 heteroatoms. The number of benzene rings is 3. The standard InChI is InChI=1S/C29H31BrN6O2/c1-19(2)38-23-13-14-25(33-27(37)10-7-15-36(3)4)26(17-23)34-29-31-18-24(30)28(35-29)32-22-12-11-20-8-5-6-9-21(20)16-22/h5-14,16-19H,15H2,1-4H3,(H,33,37)(H2,31,32,34,35)/b10-7+. The highest BCUT2D eigenvalue weighted by Crippen LogP contribution is 2.32. The highest BCUT2D eigenvalue weighted by atomic mass is 79.9. The van der Waals surface area contributed by atoms with Crippen molar-refractivity contribution in [2.24, 2.45) is 0 Å². The number of hydrogen-bond donors (Lipinski definition) is 3. The van der Waals surface area contributed by atoms with Crippen molar-refractivity contribution in [3.05, 3.63) is 83.5 Å². The van der Waals surface area contributed by atoms with Gasteiger partial charge in [-0.15, -0.1) is 0 Å². The van der Waals surface area contributed by atoms with Gasteiger partial charge in [-0.2, -0.15) is 4.98 Å². The van der Waals surface area contributed by atoms with Crippen molar-refractivity contribution in [3.63, 3.8) is 0 Å². The third-order valence-electron chi connectivity index (χ3n) is 5.36. The number of rotatable bonds is 10. The summed E-state index contributed by atoms with van der Waals surface area (Å²) < 4.78 is 6.58. The summed E-state index contributed by atoms with van der Waals surface area (Å²) in [5.74, 6) is 1.39. The zero-order chi connectivity index (χ0) is 27.1. The zero-order valence-corrected chi connectivity index (χ0v) is 23.4. The van der Waals surface area contributed by atoms with Gasteiger partial charge >= 0.3 is 0 Å². The lowest BCUT2D eigenvalue weighted by Gasteiger charge is -2.16. The van der Waals surface area contributed by atoms with Gasteiger partial charge in [0.15, 0.2) is 0 Å². The molecule has 38 heavy (non-hydrogen) atoms. The first kappa shape index (κ1) is 27.1. The van der Waals surface area contributed by atoms with Crippen LogP contribution < -0.4 is 20.7 Å². The van der Waals surface area contributed by atoms with Gasteiger partial charge in [0.05, 0.1) is 22.0 Å². The molecular formula is C29H31BrN6O2. The fraction of sp³-hybridized carbons (Fsp3) is 0.207. The molecule has 1 aromatic heterocycles. The molecule has 3 N–H and O–H groups in total. The van der Waals surface area contributed by atoms with E-state index in [4.69, 9.17) is 4.74 Å². The molecule has 3 aromatic carbocycles. The first-order valence-corrected chi connectivity index (χ1v) is 13.0. The molecule has 0 spiro atoms. The van der Waals surface area contributed by atoms with Crippen LogP contribution in [0.3, 0.4) is 0 Å². The summed E-state index contributed by atoms with van der Waals surface area (Å²) in [6, 6.07) is 19.8. The molecule has 0 radical (unpaired) electrons. The van der Waals surface area contributed by atoms with Crippen molar-refractivity contribution < 1.29 is 9.53 Å². The summed E-state index contributed by atoms with van der Waals surface area (Å²) >= 11 is 3.54. The van der Waals surface area contributed by atoms with Crippen LogP contribution in [0.1, 0.15) is 13.8 Å². The van der Waals surface area contributed by atoms with Crippen LogP contribution in [0.2, 0.25) is 0 Å². The highest BCUT2D eigenvalue weighted by Gasteiger charge is 2.12. The highest BCUT2D eigenvalue weighted by molar-refractivity contribution is 9.10. The number of nitrogens with one attached hydrogen (secondary N) is 3. The molecular weight excluding hydrogens is 544 g/mol. The van der Waals surface area contributed by atoms with Crippen molar-refractivity contribution in [1.29, 1.82) is 0 Å². The molecule has 0 atom stereocenters. The number of halogens is 1. The summed E-state index contributed by atoms with van der Waals surface area (Å²) in [6.45, 7) is 4.58. The largest absolute Gasteiger partial charge is 0.491 e. The van der Waals surface area contributed by atoms with E-state index in [1.54, 1.807) is 18.3 Å². The number of likely N-dealkylation sites (N-methyl/N-ethyl adjacent to an activating group) is 1. The molecule has 8 nitrogen and oxygen atoms in total. The third-order valence-corrected chi connectivity index (χ3v) is 5.94. The second-order valence-electron chi connectivity index (χ2n) is 9.23. The maximum absolute atomic E-state index is 12.5. The number of carbonyl (C=O) groups is 1. The van der Waals surface area contributed by atoms with Crippen molar-refractivity contribution in [3.8, 4) is 5.75 Å². The minimum absolute atomic E-state index is 0.000977. The molecule has 0 aliphatic rings. The van der Waals surface area contributed by atoms with E-state index in [1.807, 2.05) is 63.2 Å². The maximum Gasteiger partial charge on any atom is 0.248 e. The maximum atomic E-state index is 12.5. The van der Waals surface area contributed by atoms with Gasteiger partial charge in [0.2, 0.25) is 11.9 Å². The summed E-state index contributed by atoms with van der Waals surface area (Å²) in [4.78, 5) is 23.6. The van der Waals surface area contributed by atoms with E-state index in [9.17, 15) is 4.79 Å². The number of ether oxygens (including phenoxy) is 1. The molecule has 0 bridgehead atoms. The van der Waals surface area contributed by atoms with Crippen molar-refractivity contribution >= 4 is 61.4 Å².